The number of rotatable bonds is 0. The van der Waals surface area contributed by atoms with Crippen molar-refractivity contribution in [1.29, 1.82) is 0 Å². The first-order valence-electron chi connectivity index (χ1n) is 4.77. The first-order valence-corrected chi connectivity index (χ1v) is 6.08. The second kappa shape index (κ2) is 4.53. The molecular formula is C12H9O2PZn. The molecule has 1 aliphatic heterocycles. The van der Waals surface area contributed by atoms with Crippen LogP contribution in [0.4, 0.5) is 0 Å². The van der Waals surface area contributed by atoms with Crippen molar-refractivity contribution in [3.05, 3.63) is 48.5 Å². The number of para-hydroxylation sites is 1. The van der Waals surface area contributed by atoms with Crippen molar-refractivity contribution in [3.8, 4) is 16.9 Å². The molecule has 2 nitrogen and oxygen atoms in total. The summed E-state index contributed by atoms with van der Waals surface area (Å²) in [5.41, 5.74) is 2.06. The van der Waals surface area contributed by atoms with E-state index in [1.807, 2.05) is 48.5 Å². The summed E-state index contributed by atoms with van der Waals surface area (Å²) in [6, 6.07) is 15.4. The van der Waals surface area contributed by atoms with Crippen LogP contribution < -0.4 is 9.83 Å². The van der Waals surface area contributed by atoms with Gasteiger partial charge in [-0.1, -0.05) is 36.4 Å². The molecule has 0 spiro atoms. The van der Waals surface area contributed by atoms with Crippen LogP contribution in [-0.4, -0.2) is 0 Å². The van der Waals surface area contributed by atoms with Gasteiger partial charge in [-0.25, -0.2) is 0 Å². The third-order valence-electron chi connectivity index (χ3n) is 2.53. The first kappa shape index (κ1) is 11.6. The van der Waals surface area contributed by atoms with Crippen molar-refractivity contribution in [2.45, 2.75) is 0 Å². The van der Waals surface area contributed by atoms with Gasteiger partial charge in [0.25, 0.3) is 8.03 Å². The van der Waals surface area contributed by atoms with Crippen LogP contribution in [0.25, 0.3) is 11.1 Å². The molecule has 0 aromatic heterocycles. The zero-order chi connectivity index (χ0) is 10.3. The molecule has 0 fully saturated rings. The van der Waals surface area contributed by atoms with Gasteiger partial charge in [0.15, 0.2) is 0 Å². The number of hydrogen-bond donors (Lipinski definition) is 0. The molecule has 1 aliphatic rings. The molecule has 0 N–H and O–H groups in total. The van der Waals surface area contributed by atoms with Crippen LogP contribution in [0.1, 0.15) is 0 Å². The van der Waals surface area contributed by atoms with Crippen LogP contribution in [0.15, 0.2) is 48.5 Å². The maximum atomic E-state index is 11.8. The minimum absolute atomic E-state index is 0. The number of fused-ring (bicyclic) bond motifs is 3. The van der Waals surface area contributed by atoms with Crippen LogP contribution in [0.2, 0.25) is 0 Å². The van der Waals surface area contributed by atoms with Crippen molar-refractivity contribution in [2.24, 2.45) is 0 Å². The monoisotopic (exact) mass is 280 g/mol. The Balaban J connectivity index is 0.000000963. The van der Waals surface area contributed by atoms with Crippen molar-refractivity contribution < 1.29 is 28.6 Å². The van der Waals surface area contributed by atoms with Crippen molar-refractivity contribution in [2.75, 3.05) is 0 Å². The minimum atomic E-state index is -2.11. The molecule has 2 aromatic carbocycles. The van der Waals surface area contributed by atoms with E-state index in [-0.39, 0.29) is 19.5 Å². The molecule has 4 heteroatoms. The normalized spacial score (nSPS) is 16.4. The number of hydrogen-bond acceptors (Lipinski definition) is 2. The molecular weight excluding hydrogens is 272 g/mol. The Labute approximate surface area is 107 Å². The van der Waals surface area contributed by atoms with Crippen LogP contribution in [0, 0.1) is 0 Å². The van der Waals surface area contributed by atoms with Crippen molar-refractivity contribution in [3.63, 3.8) is 0 Å². The van der Waals surface area contributed by atoms with E-state index < -0.39 is 8.03 Å². The molecule has 3 rings (SSSR count). The fourth-order valence-electron chi connectivity index (χ4n) is 1.83. The molecule has 1 unspecified atom stereocenters. The van der Waals surface area contributed by atoms with E-state index in [1.54, 1.807) is 0 Å². The van der Waals surface area contributed by atoms with Gasteiger partial charge in [-0.3, -0.25) is 4.57 Å². The number of benzene rings is 2. The molecule has 0 saturated heterocycles. The smallest absolute Gasteiger partial charge is 0.266 e. The maximum absolute atomic E-state index is 11.8. The summed E-state index contributed by atoms with van der Waals surface area (Å²) in [5.74, 6) is 0.722. The van der Waals surface area contributed by atoms with Gasteiger partial charge in [0.1, 0.15) is 5.75 Å². The third-order valence-corrected chi connectivity index (χ3v) is 3.81. The second-order valence-electron chi connectivity index (χ2n) is 3.43. The van der Waals surface area contributed by atoms with Crippen molar-refractivity contribution in [1.82, 2.24) is 0 Å². The summed E-state index contributed by atoms with van der Waals surface area (Å²) >= 11 is 0. The summed E-state index contributed by atoms with van der Waals surface area (Å²) in [4.78, 5) is 0. The minimum Gasteiger partial charge on any atom is -0.441 e. The molecule has 0 aliphatic carbocycles. The van der Waals surface area contributed by atoms with E-state index in [2.05, 4.69) is 0 Å². The van der Waals surface area contributed by atoms with Gasteiger partial charge in [0, 0.05) is 25.0 Å². The Kier molecular flexibility index (Phi) is 3.28. The Bertz CT molecular complexity index is 554. The second-order valence-corrected chi connectivity index (χ2v) is 4.75. The molecule has 1 atom stereocenters. The molecule has 0 amide bonds. The summed E-state index contributed by atoms with van der Waals surface area (Å²) in [7, 11) is -2.11. The summed E-state index contributed by atoms with van der Waals surface area (Å²) in [5, 5.41) is 0.821. The van der Waals surface area contributed by atoms with Crippen LogP contribution in [0.3, 0.4) is 0 Å². The maximum Gasteiger partial charge on any atom is 0.266 e. The zero-order valence-electron chi connectivity index (χ0n) is 8.64. The Morgan fingerprint density at radius 1 is 0.875 bits per heavy atom. The molecule has 0 saturated carbocycles. The van der Waals surface area contributed by atoms with E-state index in [1.165, 1.54) is 0 Å². The van der Waals surface area contributed by atoms with E-state index in [0.717, 1.165) is 22.2 Å². The van der Waals surface area contributed by atoms with E-state index in [9.17, 15) is 4.57 Å². The fourth-order valence-corrected chi connectivity index (χ4v) is 2.99. The molecule has 0 radical (unpaired) electrons. The first-order chi connectivity index (χ1) is 7.36. The summed E-state index contributed by atoms with van der Waals surface area (Å²) in [6.45, 7) is 0. The van der Waals surface area contributed by atoms with Gasteiger partial charge in [-0.05, 0) is 17.7 Å². The molecule has 1 heterocycles. The Morgan fingerprint density at radius 2 is 1.50 bits per heavy atom. The van der Waals surface area contributed by atoms with Crippen LogP contribution in [0.5, 0.6) is 5.75 Å². The average Bonchev–Trinajstić information content (AvgIpc) is 2.30. The third kappa shape index (κ3) is 1.75. The van der Waals surface area contributed by atoms with Gasteiger partial charge in [-0.2, -0.15) is 0 Å². The zero-order valence-corrected chi connectivity index (χ0v) is 12.6. The Morgan fingerprint density at radius 3 is 2.31 bits per heavy atom. The van der Waals surface area contributed by atoms with Gasteiger partial charge >= 0.3 is 0 Å². The molecule has 76 valence electrons. The summed E-state index contributed by atoms with van der Waals surface area (Å²) < 4.78 is 17.2. The van der Waals surface area contributed by atoms with Gasteiger partial charge in [0.2, 0.25) is 0 Å². The molecule has 16 heavy (non-hydrogen) atoms. The fraction of sp³-hybridized carbons (Fsp3) is 0. The predicted octanol–water partition coefficient (Wildman–Crippen LogP) is 2.84. The van der Waals surface area contributed by atoms with Gasteiger partial charge in [-0.15, -0.1) is 0 Å². The standard InChI is InChI=1S/C12H9O2P.Zn/c13-15-12-8-4-2-6-10(12)9-5-1-3-7-11(9)14-15;/h1-8,15H;. The van der Waals surface area contributed by atoms with Crippen molar-refractivity contribution >= 4 is 13.3 Å². The van der Waals surface area contributed by atoms with Crippen LogP contribution in [-0.2, 0) is 24.0 Å². The van der Waals surface area contributed by atoms with E-state index in [0.29, 0.717) is 0 Å². The van der Waals surface area contributed by atoms with E-state index in [4.69, 9.17) is 4.52 Å². The molecule has 0 bridgehead atoms. The van der Waals surface area contributed by atoms with Crippen LogP contribution >= 0.6 is 8.03 Å². The SMILES string of the molecule is O=[PH]1Oc2ccccc2-c2ccccc21.[Zn]. The average molecular weight is 282 g/mol. The van der Waals surface area contributed by atoms with Gasteiger partial charge in [0.05, 0.1) is 5.30 Å². The topological polar surface area (TPSA) is 26.3 Å². The van der Waals surface area contributed by atoms with E-state index >= 15 is 0 Å². The quantitative estimate of drug-likeness (QED) is 0.548. The Hall–Kier alpha value is -0.907. The molecule has 2 aromatic rings. The summed E-state index contributed by atoms with van der Waals surface area (Å²) in [6.07, 6.45) is 0. The largest absolute Gasteiger partial charge is 0.441 e. The predicted molar refractivity (Wildman–Crippen MR) is 61.1 cm³/mol. The van der Waals surface area contributed by atoms with Gasteiger partial charge < -0.3 is 4.52 Å².